The number of carbonyl (C=O) groups is 2. The summed E-state index contributed by atoms with van der Waals surface area (Å²) in [6.45, 7) is 6.99. The van der Waals surface area contributed by atoms with Crippen LogP contribution in [-0.2, 0) is 9.59 Å². The van der Waals surface area contributed by atoms with E-state index in [1.165, 1.54) is 7.05 Å². The van der Waals surface area contributed by atoms with E-state index >= 15 is 0 Å². The minimum Gasteiger partial charge on any atom is -0.357 e. The molecule has 0 saturated carbocycles. The Morgan fingerprint density at radius 2 is 1.73 bits per heavy atom. The van der Waals surface area contributed by atoms with Gasteiger partial charge in [0.15, 0.2) is 0 Å². The Hall–Kier alpha value is -1.10. The summed E-state index contributed by atoms with van der Waals surface area (Å²) in [6, 6.07) is -0.589. The lowest BCUT2D eigenvalue weighted by Gasteiger charge is -2.26. The number of hydrogen-bond acceptors (Lipinski definition) is 3. The Kier molecular flexibility index (Phi) is 4.74. The standard InChI is InChI=1S/C10H21N3O2/c1-6(2)7(11)8(14)13-10(3,4)9(15)12-5/h6-7H,11H2,1-5H3,(H,12,15)(H,13,14). The Balaban J connectivity index is 4.47. The molecule has 4 N–H and O–H groups in total. The van der Waals surface area contributed by atoms with Gasteiger partial charge in [-0.15, -0.1) is 0 Å². The molecule has 2 amide bonds. The van der Waals surface area contributed by atoms with Crippen LogP contribution in [0.1, 0.15) is 27.7 Å². The summed E-state index contributed by atoms with van der Waals surface area (Å²) in [5.41, 5.74) is 4.73. The second kappa shape index (κ2) is 5.11. The van der Waals surface area contributed by atoms with Gasteiger partial charge in [-0.05, 0) is 19.8 Å². The molecule has 5 nitrogen and oxygen atoms in total. The Bertz CT molecular complexity index is 249. The SMILES string of the molecule is CNC(=O)C(C)(C)NC(=O)C(N)C(C)C. The van der Waals surface area contributed by atoms with Crippen molar-refractivity contribution in [2.24, 2.45) is 11.7 Å². The largest absolute Gasteiger partial charge is 0.357 e. The zero-order chi connectivity index (χ0) is 12.2. The quantitative estimate of drug-likeness (QED) is 0.597. The first-order valence-corrected chi connectivity index (χ1v) is 5.02. The van der Waals surface area contributed by atoms with Crippen LogP contribution in [0.25, 0.3) is 0 Å². The molecule has 88 valence electrons. The molecule has 0 spiro atoms. The van der Waals surface area contributed by atoms with E-state index in [1.807, 2.05) is 13.8 Å². The van der Waals surface area contributed by atoms with E-state index in [0.29, 0.717) is 0 Å². The molecular formula is C10H21N3O2. The van der Waals surface area contributed by atoms with E-state index in [0.717, 1.165) is 0 Å². The summed E-state index contributed by atoms with van der Waals surface area (Å²) in [5, 5.41) is 5.10. The average molecular weight is 215 g/mol. The molecule has 0 aliphatic rings. The van der Waals surface area contributed by atoms with Gasteiger partial charge < -0.3 is 16.4 Å². The number of carbonyl (C=O) groups excluding carboxylic acids is 2. The van der Waals surface area contributed by atoms with Crippen LogP contribution in [0.15, 0.2) is 0 Å². The predicted octanol–water partition coefficient (Wildman–Crippen LogP) is -0.389. The number of amides is 2. The fraction of sp³-hybridized carbons (Fsp3) is 0.800. The van der Waals surface area contributed by atoms with Crippen LogP contribution in [0.4, 0.5) is 0 Å². The fourth-order valence-electron chi connectivity index (χ4n) is 1.06. The number of hydrogen-bond donors (Lipinski definition) is 3. The number of nitrogens with two attached hydrogens (primary N) is 1. The van der Waals surface area contributed by atoms with E-state index in [2.05, 4.69) is 10.6 Å². The fourth-order valence-corrected chi connectivity index (χ4v) is 1.06. The lowest BCUT2D eigenvalue weighted by atomic mass is 10.0. The van der Waals surface area contributed by atoms with Gasteiger partial charge in [0, 0.05) is 7.05 Å². The average Bonchev–Trinajstić information content (AvgIpc) is 2.14. The minimum absolute atomic E-state index is 0.0467. The summed E-state index contributed by atoms with van der Waals surface area (Å²) < 4.78 is 0. The molecule has 0 aromatic heterocycles. The van der Waals surface area contributed by atoms with Gasteiger partial charge in [-0.1, -0.05) is 13.8 Å². The van der Waals surface area contributed by atoms with Gasteiger partial charge in [-0.25, -0.2) is 0 Å². The van der Waals surface area contributed by atoms with Crippen molar-refractivity contribution in [2.45, 2.75) is 39.3 Å². The highest BCUT2D eigenvalue weighted by molar-refractivity contribution is 5.92. The molecule has 0 aromatic rings. The minimum atomic E-state index is -0.932. The first-order chi connectivity index (χ1) is 6.72. The van der Waals surface area contributed by atoms with Gasteiger partial charge in [0.25, 0.3) is 0 Å². The van der Waals surface area contributed by atoms with Gasteiger partial charge >= 0.3 is 0 Å². The van der Waals surface area contributed by atoms with Crippen LogP contribution in [0, 0.1) is 5.92 Å². The Morgan fingerprint density at radius 1 is 1.27 bits per heavy atom. The maximum atomic E-state index is 11.6. The molecule has 0 heterocycles. The van der Waals surface area contributed by atoms with Crippen molar-refractivity contribution in [1.82, 2.24) is 10.6 Å². The van der Waals surface area contributed by atoms with Crippen molar-refractivity contribution in [3.05, 3.63) is 0 Å². The molecular weight excluding hydrogens is 194 g/mol. The van der Waals surface area contributed by atoms with E-state index in [-0.39, 0.29) is 17.7 Å². The number of rotatable bonds is 4. The zero-order valence-electron chi connectivity index (χ0n) is 10.0. The van der Waals surface area contributed by atoms with Crippen molar-refractivity contribution < 1.29 is 9.59 Å². The summed E-state index contributed by atoms with van der Waals surface area (Å²) in [4.78, 5) is 23.0. The second-order valence-electron chi connectivity index (χ2n) is 4.46. The first kappa shape index (κ1) is 13.9. The summed E-state index contributed by atoms with van der Waals surface area (Å²) in [5.74, 6) is -0.504. The molecule has 15 heavy (non-hydrogen) atoms. The van der Waals surface area contributed by atoms with Gasteiger partial charge in [-0.3, -0.25) is 9.59 Å². The van der Waals surface area contributed by atoms with Crippen molar-refractivity contribution in [1.29, 1.82) is 0 Å². The molecule has 0 saturated heterocycles. The highest BCUT2D eigenvalue weighted by atomic mass is 16.2. The lowest BCUT2D eigenvalue weighted by molar-refractivity contribution is -0.133. The molecule has 0 aromatic carbocycles. The lowest BCUT2D eigenvalue weighted by Crippen LogP contribution is -2.58. The smallest absolute Gasteiger partial charge is 0.244 e. The van der Waals surface area contributed by atoms with Gasteiger partial charge in [-0.2, -0.15) is 0 Å². The monoisotopic (exact) mass is 215 g/mol. The maximum Gasteiger partial charge on any atom is 0.244 e. The predicted molar refractivity (Wildman–Crippen MR) is 59.1 cm³/mol. The molecule has 0 aliphatic heterocycles. The molecule has 5 heteroatoms. The maximum absolute atomic E-state index is 11.6. The highest BCUT2D eigenvalue weighted by Crippen LogP contribution is 2.05. The molecule has 1 atom stereocenters. The van der Waals surface area contributed by atoms with Crippen LogP contribution in [-0.4, -0.2) is 30.4 Å². The molecule has 0 radical (unpaired) electrons. The van der Waals surface area contributed by atoms with Crippen LogP contribution in [0.2, 0.25) is 0 Å². The molecule has 0 rings (SSSR count). The first-order valence-electron chi connectivity index (χ1n) is 5.02. The third-order valence-electron chi connectivity index (χ3n) is 2.25. The Labute approximate surface area is 90.8 Å². The summed E-state index contributed by atoms with van der Waals surface area (Å²) >= 11 is 0. The normalized spacial score (nSPS) is 13.5. The third-order valence-corrected chi connectivity index (χ3v) is 2.25. The van der Waals surface area contributed by atoms with Crippen LogP contribution in [0.5, 0.6) is 0 Å². The van der Waals surface area contributed by atoms with E-state index in [9.17, 15) is 9.59 Å². The van der Waals surface area contributed by atoms with Crippen molar-refractivity contribution in [2.75, 3.05) is 7.05 Å². The number of nitrogens with one attached hydrogen (secondary N) is 2. The van der Waals surface area contributed by atoms with E-state index in [1.54, 1.807) is 13.8 Å². The Morgan fingerprint density at radius 3 is 2.07 bits per heavy atom. The molecule has 0 bridgehead atoms. The van der Waals surface area contributed by atoms with Gasteiger partial charge in [0.05, 0.1) is 6.04 Å². The zero-order valence-corrected chi connectivity index (χ0v) is 10.0. The van der Waals surface area contributed by atoms with Crippen LogP contribution in [0.3, 0.4) is 0 Å². The van der Waals surface area contributed by atoms with Crippen molar-refractivity contribution >= 4 is 11.8 Å². The molecule has 0 fully saturated rings. The molecule has 0 aliphatic carbocycles. The van der Waals surface area contributed by atoms with Gasteiger partial charge in [0.1, 0.15) is 5.54 Å². The van der Waals surface area contributed by atoms with Crippen LogP contribution < -0.4 is 16.4 Å². The molecule has 1 unspecified atom stereocenters. The van der Waals surface area contributed by atoms with E-state index < -0.39 is 11.6 Å². The number of likely N-dealkylation sites (N-methyl/N-ethyl adjacent to an activating group) is 1. The third kappa shape index (κ3) is 3.87. The van der Waals surface area contributed by atoms with Crippen molar-refractivity contribution in [3.63, 3.8) is 0 Å². The summed E-state index contributed by atoms with van der Waals surface area (Å²) in [6.07, 6.45) is 0. The van der Waals surface area contributed by atoms with E-state index in [4.69, 9.17) is 5.73 Å². The topological polar surface area (TPSA) is 84.2 Å². The summed E-state index contributed by atoms with van der Waals surface area (Å²) in [7, 11) is 1.53. The highest BCUT2D eigenvalue weighted by Gasteiger charge is 2.30. The van der Waals surface area contributed by atoms with Gasteiger partial charge in [0.2, 0.25) is 11.8 Å². The van der Waals surface area contributed by atoms with Crippen molar-refractivity contribution in [3.8, 4) is 0 Å². The van der Waals surface area contributed by atoms with Crippen LogP contribution >= 0.6 is 0 Å². The second-order valence-corrected chi connectivity index (χ2v) is 4.46.